The second-order valence-corrected chi connectivity index (χ2v) is 6.53. The van der Waals surface area contributed by atoms with Gasteiger partial charge in [0.2, 0.25) is 0 Å². The van der Waals surface area contributed by atoms with E-state index < -0.39 is 22.8 Å². The topological polar surface area (TPSA) is 95.5 Å². The Labute approximate surface area is 130 Å². The smallest absolute Gasteiger partial charge is 0.335 e. The summed E-state index contributed by atoms with van der Waals surface area (Å²) >= 11 is 5.91. The van der Waals surface area contributed by atoms with Gasteiger partial charge in [-0.3, -0.25) is 4.21 Å². The standard InChI is InChI=1S/C13H17ClN2O4S/c1-8(5-6-21(2)20)15-13(19)16-11-7-9(12(17)18)3-4-10(11)14/h3-4,7-8H,5-6H2,1-2H3,(H,17,18)(H2,15,16,19). The second kappa shape index (κ2) is 7.99. The summed E-state index contributed by atoms with van der Waals surface area (Å²) in [4.78, 5) is 22.7. The van der Waals surface area contributed by atoms with E-state index in [1.807, 2.05) is 0 Å². The molecule has 0 aromatic heterocycles. The number of hydrogen-bond acceptors (Lipinski definition) is 3. The Kier molecular flexibility index (Phi) is 6.64. The van der Waals surface area contributed by atoms with Crippen molar-refractivity contribution in [3.63, 3.8) is 0 Å². The normalized spacial score (nSPS) is 13.3. The Morgan fingerprint density at radius 2 is 2.10 bits per heavy atom. The molecule has 1 aromatic carbocycles. The van der Waals surface area contributed by atoms with Gasteiger partial charge in [-0.25, -0.2) is 9.59 Å². The Bertz CT molecular complexity index is 565. The van der Waals surface area contributed by atoms with Crippen molar-refractivity contribution in [3.8, 4) is 0 Å². The molecule has 0 saturated carbocycles. The molecule has 6 nitrogen and oxygen atoms in total. The highest BCUT2D eigenvalue weighted by Gasteiger charge is 2.12. The van der Waals surface area contributed by atoms with E-state index in [4.69, 9.17) is 16.7 Å². The van der Waals surface area contributed by atoms with Crippen LogP contribution in [0.2, 0.25) is 5.02 Å². The quantitative estimate of drug-likeness (QED) is 0.745. The fraction of sp³-hybridized carbons (Fsp3) is 0.385. The van der Waals surface area contributed by atoms with Gasteiger partial charge in [0.25, 0.3) is 0 Å². The maximum absolute atomic E-state index is 11.8. The molecule has 21 heavy (non-hydrogen) atoms. The molecule has 0 bridgehead atoms. The lowest BCUT2D eigenvalue weighted by Gasteiger charge is -2.14. The van der Waals surface area contributed by atoms with Crippen LogP contribution in [0.5, 0.6) is 0 Å². The number of benzene rings is 1. The molecular formula is C13H17ClN2O4S. The second-order valence-electron chi connectivity index (χ2n) is 4.57. The molecule has 8 heteroatoms. The predicted octanol–water partition coefficient (Wildman–Crippen LogP) is 2.32. The molecule has 0 fully saturated rings. The Morgan fingerprint density at radius 1 is 1.43 bits per heavy atom. The van der Waals surface area contributed by atoms with Gasteiger partial charge in [-0.05, 0) is 31.5 Å². The lowest BCUT2D eigenvalue weighted by molar-refractivity contribution is 0.0697. The number of aromatic carboxylic acids is 1. The van der Waals surface area contributed by atoms with Crippen LogP contribution < -0.4 is 10.6 Å². The van der Waals surface area contributed by atoms with Crippen molar-refractivity contribution < 1.29 is 18.9 Å². The number of carbonyl (C=O) groups excluding carboxylic acids is 1. The maximum Gasteiger partial charge on any atom is 0.335 e. The van der Waals surface area contributed by atoms with E-state index in [0.29, 0.717) is 12.2 Å². The van der Waals surface area contributed by atoms with E-state index in [-0.39, 0.29) is 22.3 Å². The van der Waals surface area contributed by atoms with E-state index in [2.05, 4.69) is 10.6 Å². The number of halogens is 1. The van der Waals surface area contributed by atoms with Crippen LogP contribution in [0.3, 0.4) is 0 Å². The Balaban J connectivity index is 2.64. The van der Waals surface area contributed by atoms with Crippen LogP contribution in [-0.4, -0.2) is 39.4 Å². The minimum absolute atomic E-state index is 0.0316. The number of hydrogen-bond donors (Lipinski definition) is 3. The monoisotopic (exact) mass is 332 g/mol. The minimum atomic E-state index is -1.10. The van der Waals surface area contributed by atoms with Crippen molar-refractivity contribution in [1.29, 1.82) is 0 Å². The zero-order valence-corrected chi connectivity index (χ0v) is 13.3. The number of amides is 2. The predicted molar refractivity (Wildman–Crippen MR) is 83.6 cm³/mol. The van der Waals surface area contributed by atoms with Crippen LogP contribution in [0.4, 0.5) is 10.5 Å². The highest BCUT2D eigenvalue weighted by atomic mass is 35.5. The third-order valence-corrected chi connectivity index (χ3v) is 3.82. The van der Waals surface area contributed by atoms with Gasteiger partial charge < -0.3 is 15.7 Å². The van der Waals surface area contributed by atoms with Gasteiger partial charge in [0.15, 0.2) is 0 Å². The molecule has 1 rings (SSSR count). The van der Waals surface area contributed by atoms with Gasteiger partial charge in [0.1, 0.15) is 0 Å². The van der Waals surface area contributed by atoms with Crippen molar-refractivity contribution in [2.45, 2.75) is 19.4 Å². The molecular weight excluding hydrogens is 316 g/mol. The summed E-state index contributed by atoms with van der Waals surface area (Å²) in [6.45, 7) is 1.79. The van der Waals surface area contributed by atoms with Crippen molar-refractivity contribution >= 4 is 40.1 Å². The van der Waals surface area contributed by atoms with Gasteiger partial charge in [-0.1, -0.05) is 11.6 Å². The highest BCUT2D eigenvalue weighted by molar-refractivity contribution is 7.84. The number of nitrogens with one attached hydrogen (secondary N) is 2. The van der Waals surface area contributed by atoms with E-state index in [0.717, 1.165) is 0 Å². The number of rotatable bonds is 6. The van der Waals surface area contributed by atoms with Crippen LogP contribution in [0.1, 0.15) is 23.7 Å². The number of carboxylic acid groups (broad SMARTS) is 1. The first kappa shape index (κ1) is 17.5. The van der Waals surface area contributed by atoms with Crippen molar-refractivity contribution in [3.05, 3.63) is 28.8 Å². The first-order chi connectivity index (χ1) is 9.79. The van der Waals surface area contributed by atoms with Crippen LogP contribution in [0.15, 0.2) is 18.2 Å². The third-order valence-electron chi connectivity index (χ3n) is 2.68. The molecule has 0 spiro atoms. The Hall–Kier alpha value is -1.60. The largest absolute Gasteiger partial charge is 0.478 e. The SMILES string of the molecule is CC(CCS(C)=O)NC(=O)Nc1cc(C(=O)O)ccc1Cl. The van der Waals surface area contributed by atoms with Gasteiger partial charge >= 0.3 is 12.0 Å². The molecule has 2 amide bonds. The molecule has 1 aromatic rings. The van der Waals surface area contributed by atoms with Crippen LogP contribution >= 0.6 is 11.6 Å². The lowest BCUT2D eigenvalue weighted by Crippen LogP contribution is -2.36. The van der Waals surface area contributed by atoms with Gasteiger partial charge in [0.05, 0.1) is 16.3 Å². The average molecular weight is 333 g/mol. The van der Waals surface area contributed by atoms with Crippen molar-refractivity contribution in [1.82, 2.24) is 5.32 Å². The first-order valence-electron chi connectivity index (χ1n) is 6.20. The fourth-order valence-electron chi connectivity index (χ4n) is 1.55. The molecule has 0 heterocycles. The summed E-state index contributed by atoms with van der Waals surface area (Å²) in [5, 5.41) is 14.3. The summed E-state index contributed by atoms with van der Waals surface area (Å²) < 4.78 is 11.0. The van der Waals surface area contributed by atoms with Gasteiger partial charge in [-0.2, -0.15) is 0 Å². The van der Waals surface area contributed by atoms with E-state index >= 15 is 0 Å². The lowest BCUT2D eigenvalue weighted by atomic mass is 10.2. The molecule has 116 valence electrons. The zero-order valence-electron chi connectivity index (χ0n) is 11.7. The van der Waals surface area contributed by atoms with Crippen LogP contribution in [-0.2, 0) is 10.8 Å². The third kappa shape index (κ3) is 6.14. The van der Waals surface area contributed by atoms with Crippen molar-refractivity contribution in [2.24, 2.45) is 0 Å². The number of carbonyl (C=O) groups is 2. The number of anilines is 1. The first-order valence-corrected chi connectivity index (χ1v) is 8.30. The fourth-order valence-corrected chi connectivity index (χ4v) is 2.40. The molecule has 0 radical (unpaired) electrons. The highest BCUT2D eigenvalue weighted by Crippen LogP contribution is 2.23. The van der Waals surface area contributed by atoms with Crippen molar-refractivity contribution in [2.75, 3.05) is 17.3 Å². The summed E-state index contributed by atoms with van der Waals surface area (Å²) in [6, 6.07) is 3.40. The molecule has 2 atom stereocenters. The summed E-state index contributed by atoms with van der Waals surface area (Å²) in [5.41, 5.74) is 0.254. The summed E-state index contributed by atoms with van der Waals surface area (Å²) in [6.07, 6.45) is 2.18. The summed E-state index contributed by atoms with van der Waals surface area (Å²) in [5.74, 6) is -0.606. The van der Waals surface area contributed by atoms with E-state index in [1.54, 1.807) is 13.2 Å². The maximum atomic E-state index is 11.8. The molecule has 0 aliphatic heterocycles. The van der Waals surface area contributed by atoms with E-state index in [1.165, 1.54) is 18.2 Å². The average Bonchev–Trinajstić information content (AvgIpc) is 2.38. The molecule has 3 N–H and O–H groups in total. The number of urea groups is 1. The van der Waals surface area contributed by atoms with Gasteiger partial charge in [-0.15, -0.1) is 0 Å². The van der Waals surface area contributed by atoms with Gasteiger partial charge in [0, 0.05) is 28.9 Å². The molecule has 0 saturated heterocycles. The van der Waals surface area contributed by atoms with Crippen LogP contribution in [0, 0.1) is 0 Å². The van der Waals surface area contributed by atoms with E-state index in [9.17, 15) is 13.8 Å². The molecule has 2 unspecified atom stereocenters. The number of carboxylic acids is 1. The minimum Gasteiger partial charge on any atom is -0.478 e. The zero-order chi connectivity index (χ0) is 16.0. The molecule has 0 aliphatic rings. The van der Waals surface area contributed by atoms with Crippen LogP contribution in [0.25, 0.3) is 0 Å². The molecule has 0 aliphatic carbocycles. The summed E-state index contributed by atoms with van der Waals surface area (Å²) in [7, 11) is -0.909. The Morgan fingerprint density at radius 3 is 2.67 bits per heavy atom.